The normalized spacial score (nSPS) is 28.2. The van der Waals surface area contributed by atoms with E-state index < -0.39 is 6.04 Å². The van der Waals surface area contributed by atoms with Crippen molar-refractivity contribution >= 4 is 11.9 Å². The summed E-state index contributed by atoms with van der Waals surface area (Å²) >= 11 is 0. The van der Waals surface area contributed by atoms with Crippen LogP contribution in [0.2, 0.25) is 0 Å². The van der Waals surface area contributed by atoms with Gasteiger partial charge in [-0.15, -0.1) is 0 Å². The molecule has 0 N–H and O–H groups in total. The zero-order valence-corrected chi connectivity index (χ0v) is 10.9. The molecule has 0 aromatic heterocycles. The molecule has 2 aliphatic heterocycles. The minimum atomic E-state index is -0.407. The molecule has 2 atom stereocenters. The Kier molecular flexibility index (Phi) is 4.58. The van der Waals surface area contributed by atoms with Crippen LogP contribution < -0.4 is 0 Å². The highest BCUT2D eigenvalue weighted by atomic mass is 16.5. The lowest BCUT2D eigenvalue weighted by Crippen LogP contribution is -2.51. The maximum Gasteiger partial charge on any atom is 0.328 e. The number of amides is 1. The molecule has 0 aromatic carbocycles. The van der Waals surface area contributed by atoms with Gasteiger partial charge in [-0.1, -0.05) is 0 Å². The zero-order valence-electron chi connectivity index (χ0n) is 10.9. The lowest BCUT2D eigenvalue weighted by molar-refractivity contribution is -0.160. The number of carbonyl (C=O) groups is 2. The van der Waals surface area contributed by atoms with E-state index in [0.29, 0.717) is 26.2 Å². The SMILES string of the molecule is CCOC(=O)C1CCCCN1C(=O)[C@H]1CCCO1. The highest BCUT2D eigenvalue weighted by Gasteiger charge is 2.37. The first kappa shape index (κ1) is 13.3. The molecule has 0 radical (unpaired) electrons. The van der Waals surface area contributed by atoms with E-state index in [4.69, 9.17) is 9.47 Å². The summed E-state index contributed by atoms with van der Waals surface area (Å²) < 4.78 is 10.5. The molecule has 2 rings (SSSR count). The zero-order chi connectivity index (χ0) is 13.0. The monoisotopic (exact) mass is 255 g/mol. The first-order chi connectivity index (χ1) is 8.74. The smallest absolute Gasteiger partial charge is 0.328 e. The summed E-state index contributed by atoms with van der Waals surface area (Å²) in [5, 5.41) is 0. The van der Waals surface area contributed by atoms with Crippen LogP contribution in [0.3, 0.4) is 0 Å². The molecule has 0 spiro atoms. The third-order valence-electron chi connectivity index (χ3n) is 3.55. The van der Waals surface area contributed by atoms with Crippen LogP contribution in [-0.4, -0.2) is 48.7 Å². The van der Waals surface area contributed by atoms with Crippen LogP contribution in [-0.2, 0) is 19.1 Å². The van der Waals surface area contributed by atoms with Crippen LogP contribution in [0.25, 0.3) is 0 Å². The maximum atomic E-state index is 12.3. The number of nitrogens with zero attached hydrogens (tertiary/aromatic N) is 1. The van der Waals surface area contributed by atoms with Crippen molar-refractivity contribution in [3.8, 4) is 0 Å². The highest BCUT2D eigenvalue weighted by Crippen LogP contribution is 2.23. The molecule has 0 saturated carbocycles. The summed E-state index contributed by atoms with van der Waals surface area (Å²) in [6, 6.07) is -0.407. The standard InChI is InChI=1S/C13H21NO4/c1-2-17-13(16)10-6-3-4-8-14(10)12(15)11-7-5-9-18-11/h10-11H,2-9H2,1H3/t10?,11-/m1/s1. The Morgan fingerprint density at radius 3 is 2.78 bits per heavy atom. The van der Waals surface area contributed by atoms with Crippen molar-refractivity contribution < 1.29 is 19.1 Å². The quantitative estimate of drug-likeness (QED) is 0.709. The molecular weight excluding hydrogens is 234 g/mol. The second-order valence-corrected chi connectivity index (χ2v) is 4.80. The number of rotatable bonds is 3. The van der Waals surface area contributed by atoms with Gasteiger partial charge in [0.25, 0.3) is 5.91 Å². The molecule has 2 aliphatic rings. The number of likely N-dealkylation sites (tertiary alicyclic amines) is 1. The fourth-order valence-electron chi connectivity index (χ4n) is 2.64. The van der Waals surface area contributed by atoms with Gasteiger partial charge in [-0.3, -0.25) is 4.79 Å². The Morgan fingerprint density at radius 1 is 1.28 bits per heavy atom. The van der Waals surface area contributed by atoms with Crippen LogP contribution >= 0.6 is 0 Å². The van der Waals surface area contributed by atoms with Gasteiger partial charge in [0.05, 0.1) is 6.61 Å². The molecule has 0 aromatic rings. The minimum Gasteiger partial charge on any atom is -0.464 e. The van der Waals surface area contributed by atoms with E-state index in [1.807, 2.05) is 0 Å². The topological polar surface area (TPSA) is 55.8 Å². The molecule has 2 fully saturated rings. The van der Waals surface area contributed by atoms with E-state index in [2.05, 4.69) is 0 Å². The minimum absolute atomic E-state index is 0.0368. The van der Waals surface area contributed by atoms with Crippen molar-refractivity contribution in [1.82, 2.24) is 4.90 Å². The van der Waals surface area contributed by atoms with Crippen LogP contribution in [0, 0.1) is 0 Å². The van der Waals surface area contributed by atoms with Gasteiger partial charge in [0.1, 0.15) is 12.1 Å². The maximum absolute atomic E-state index is 12.3. The molecule has 5 heteroatoms. The summed E-state index contributed by atoms with van der Waals surface area (Å²) in [4.78, 5) is 25.8. The van der Waals surface area contributed by atoms with Gasteiger partial charge in [0, 0.05) is 13.2 Å². The molecular formula is C13H21NO4. The fraction of sp³-hybridized carbons (Fsp3) is 0.846. The van der Waals surface area contributed by atoms with Crippen molar-refractivity contribution in [2.45, 2.75) is 51.2 Å². The van der Waals surface area contributed by atoms with Crippen molar-refractivity contribution in [2.24, 2.45) is 0 Å². The van der Waals surface area contributed by atoms with Crippen molar-refractivity contribution in [1.29, 1.82) is 0 Å². The van der Waals surface area contributed by atoms with Crippen molar-refractivity contribution in [3.05, 3.63) is 0 Å². The number of hydrogen-bond acceptors (Lipinski definition) is 4. The van der Waals surface area contributed by atoms with Gasteiger partial charge >= 0.3 is 5.97 Å². The first-order valence-corrected chi connectivity index (χ1v) is 6.82. The number of hydrogen-bond donors (Lipinski definition) is 0. The Bertz CT molecular complexity index is 312. The second-order valence-electron chi connectivity index (χ2n) is 4.80. The average Bonchev–Trinajstić information content (AvgIpc) is 2.92. The van der Waals surface area contributed by atoms with Gasteiger partial charge in [-0.05, 0) is 39.0 Å². The predicted octanol–water partition coefficient (Wildman–Crippen LogP) is 1.11. The van der Waals surface area contributed by atoms with Crippen LogP contribution in [0.5, 0.6) is 0 Å². The summed E-state index contributed by atoms with van der Waals surface area (Å²) in [6.07, 6.45) is 3.98. The Balaban J connectivity index is 2.02. The van der Waals surface area contributed by atoms with Gasteiger partial charge < -0.3 is 14.4 Å². The molecule has 1 unspecified atom stereocenters. The largest absolute Gasteiger partial charge is 0.464 e. The summed E-state index contributed by atoms with van der Waals surface area (Å²) in [5.41, 5.74) is 0. The fourth-order valence-corrected chi connectivity index (χ4v) is 2.64. The average molecular weight is 255 g/mol. The van der Waals surface area contributed by atoms with Gasteiger partial charge in [0.15, 0.2) is 0 Å². The van der Waals surface area contributed by atoms with E-state index in [0.717, 1.165) is 25.7 Å². The molecule has 0 aliphatic carbocycles. The Hall–Kier alpha value is -1.10. The summed E-state index contributed by atoms with van der Waals surface area (Å²) in [7, 11) is 0. The molecule has 5 nitrogen and oxygen atoms in total. The lowest BCUT2D eigenvalue weighted by Gasteiger charge is -2.35. The second kappa shape index (κ2) is 6.18. The molecule has 2 heterocycles. The third-order valence-corrected chi connectivity index (χ3v) is 3.55. The van der Waals surface area contributed by atoms with Crippen LogP contribution in [0.1, 0.15) is 39.0 Å². The van der Waals surface area contributed by atoms with Crippen molar-refractivity contribution in [2.75, 3.05) is 19.8 Å². The van der Waals surface area contributed by atoms with Gasteiger partial charge in [0.2, 0.25) is 0 Å². The van der Waals surface area contributed by atoms with Crippen LogP contribution in [0.15, 0.2) is 0 Å². The third kappa shape index (κ3) is 2.83. The highest BCUT2D eigenvalue weighted by molar-refractivity contribution is 5.87. The van der Waals surface area contributed by atoms with E-state index >= 15 is 0 Å². The number of ether oxygens (including phenoxy) is 2. The van der Waals surface area contributed by atoms with Crippen molar-refractivity contribution in [3.63, 3.8) is 0 Å². The summed E-state index contributed by atoms with van der Waals surface area (Å²) in [5.74, 6) is -0.311. The number of piperidine rings is 1. The van der Waals surface area contributed by atoms with E-state index in [-0.39, 0.29) is 18.0 Å². The Morgan fingerprint density at radius 2 is 2.11 bits per heavy atom. The molecule has 102 valence electrons. The summed E-state index contributed by atoms with van der Waals surface area (Å²) in [6.45, 7) is 3.43. The molecule has 1 amide bonds. The number of carbonyl (C=O) groups excluding carboxylic acids is 2. The Labute approximate surface area is 107 Å². The van der Waals surface area contributed by atoms with E-state index in [1.54, 1.807) is 11.8 Å². The van der Waals surface area contributed by atoms with Crippen LogP contribution in [0.4, 0.5) is 0 Å². The molecule has 2 saturated heterocycles. The van der Waals surface area contributed by atoms with Gasteiger partial charge in [-0.2, -0.15) is 0 Å². The number of esters is 1. The van der Waals surface area contributed by atoms with E-state index in [1.165, 1.54) is 0 Å². The molecule has 0 bridgehead atoms. The lowest BCUT2D eigenvalue weighted by atomic mass is 10.0. The molecule has 18 heavy (non-hydrogen) atoms. The van der Waals surface area contributed by atoms with E-state index in [9.17, 15) is 9.59 Å². The predicted molar refractivity (Wildman–Crippen MR) is 65.0 cm³/mol. The van der Waals surface area contributed by atoms with Gasteiger partial charge in [-0.25, -0.2) is 4.79 Å². The first-order valence-electron chi connectivity index (χ1n) is 6.82.